The zero-order valence-electron chi connectivity index (χ0n) is 16.2. The van der Waals surface area contributed by atoms with Crippen molar-refractivity contribution in [2.45, 2.75) is 59.0 Å². The van der Waals surface area contributed by atoms with Crippen LogP contribution in [0.1, 0.15) is 47.3 Å². The summed E-state index contributed by atoms with van der Waals surface area (Å²) in [5.74, 6) is -0.982. The lowest BCUT2D eigenvalue weighted by molar-refractivity contribution is -0.148. The third-order valence-electron chi connectivity index (χ3n) is 5.43. The summed E-state index contributed by atoms with van der Waals surface area (Å²) in [5.41, 5.74) is 5.50. The number of carbonyl (C=O) groups excluding carboxylic acids is 1. The molecule has 1 unspecified atom stereocenters. The van der Waals surface area contributed by atoms with Crippen molar-refractivity contribution in [1.82, 2.24) is 14.7 Å². The minimum atomic E-state index is -0.904. The van der Waals surface area contributed by atoms with Crippen LogP contribution >= 0.6 is 0 Å². The van der Waals surface area contributed by atoms with Crippen molar-refractivity contribution < 1.29 is 14.7 Å². The standard InChI is InChI=1S/C21H27N3O3/c1-14-6-8-17(9-7-14)13-24-16(3)18(15(2)22-24)10-11-20(25)23-12-4-5-19(23)21(26)27/h6-9,19H,4-5,10-13H2,1-3H3,(H,26,27). The Morgan fingerprint density at radius 1 is 1.19 bits per heavy atom. The first-order chi connectivity index (χ1) is 12.9. The molecule has 1 amide bonds. The van der Waals surface area contributed by atoms with Gasteiger partial charge in [-0.05, 0) is 51.2 Å². The minimum absolute atomic E-state index is 0.0787. The number of nitrogens with zero attached hydrogens (tertiary/aromatic N) is 3. The molecular weight excluding hydrogens is 342 g/mol. The van der Waals surface area contributed by atoms with Crippen LogP contribution in [0.3, 0.4) is 0 Å². The molecule has 1 saturated heterocycles. The second kappa shape index (κ2) is 7.94. The number of rotatable bonds is 6. The van der Waals surface area contributed by atoms with Crippen LogP contribution in [0.5, 0.6) is 0 Å². The summed E-state index contributed by atoms with van der Waals surface area (Å²) < 4.78 is 1.98. The molecule has 1 fully saturated rings. The highest BCUT2D eigenvalue weighted by molar-refractivity contribution is 5.84. The Kier molecular flexibility index (Phi) is 5.63. The van der Waals surface area contributed by atoms with Gasteiger partial charge in [-0.1, -0.05) is 29.8 Å². The fourth-order valence-electron chi connectivity index (χ4n) is 3.81. The molecule has 144 valence electrons. The minimum Gasteiger partial charge on any atom is -0.480 e. The molecule has 1 aliphatic rings. The van der Waals surface area contributed by atoms with Crippen molar-refractivity contribution in [3.8, 4) is 0 Å². The van der Waals surface area contributed by atoms with Crippen molar-refractivity contribution in [3.05, 3.63) is 52.3 Å². The highest BCUT2D eigenvalue weighted by atomic mass is 16.4. The maximum absolute atomic E-state index is 12.5. The molecule has 0 bridgehead atoms. The molecule has 1 atom stereocenters. The predicted octanol–water partition coefficient (Wildman–Crippen LogP) is 2.86. The average Bonchev–Trinajstić information content (AvgIpc) is 3.21. The SMILES string of the molecule is Cc1ccc(Cn2nc(C)c(CCC(=O)N3CCCC3C(=O)O)c2C)cc1. The van der Waals surface area contributed by atoms with Crippen molar-refractivity contribution in [1.29, 1.82) is 0 Å². The van der Waals surface area contributed by atoms with E-state index in [0.717, 1.165) is 23.4 Å². The van der Waals surface area contributed by atoms with Crippen LogP contribution in [-0.2, 0) is 22.6 Å². The Morgan fingerprint density at radius 2 is 1.89 bits per heavy atom. The largest absolute Gasteiger partial charge is 0.480 e. The van der Waals surface area contributed by atoms with E-state index in [4.69, 9.17) is 0 Å². The lowest BCUT2D eigenvalue weighted by Gasteiger charge is -2.21. The molecule has 1 aromatic carbocycles. The molecule has 0 radical (unpaired) electrons. The third kappa shape index (κ3) is 4.21. The van der Waals surface area contributed by atoms with Gasteiger partial charge in [0.2, 0.25) is 5.91 Å². The maximum atomic E-state index is 12.5. The molecule has 2 aromatic rings. The maximum Gasteiger partial charge on any atom is 0.326 e. The van der Waals surface area contributed by atoms with Crippen molar-refractivity contribution in [2.24, 2.45) is 0 Å². The summed E-state index contributed by atoms with van der Waals surface area (Å²) in [6.07, 6.45) is 2.22. The quantitative estimate of drug-likeness (QED) is 0.850. The highest BCUT2D eigenvalue weighted by Crippen LogP contribution is 2.21. The van der Waals surface area contributed by atoms with E-state index in [-0.39, 0.29) is 5.91 Å². The number of carboxylic acid groups (broad SMARTS) is 1. The van der Waals surface area contributed by atoms with E-state index < -0.39 is 12.0 Å². The lowest BCUT2D eigenvalue weighted by Crippen LogP contribution is -2.40. The van der Waals surface area contributed by atoms with Crippen LogP contribution in [0.2, 0.25) is 0 Å². The first-order valence-corrected chi connectivity index (χ1v) is 9.47. The molecular formula is C21H27N3O3. The van der Waals surface area contributed by atoms with Crippen LogP contribution in [-0.4, -0.2) is 44.3 Å². The first kappa shape index (κ1) is 19.1. The van der Waals surface area contributed by atoms with Gasteiger partial charge in [0.05, 0.1) is 12.2 Å². The zero-order chi connectivity index (χ0) is 19.6. The van der Waals surface area contributed by atoms with E-state index in [1.54, 1.807) is 0 Å². The van der Waals surface area contributed by atoms with Gasteiger partial charge in [-0.25, -0.2) is 4.79 Å². The van der Waals surface area contributed by atoms with Gasteiger partial charge in [-0.3, -0.25) is 9.48 Å². The van der Waals surface area contributed by atoms with E-state index in [0.29, 0.717) is 32.4 Å². The highest BCUT2D eigenvalue weighted by Gasteiger charge is 2.33. The van der Waals surface area contributed by atoms with Crippen LogP contribution in [0.4, 0.5) is 0 Å². The number of carbonyl (C=O) groups is 2. The predicted molar refractivity (Wildman–Crippen MR) is 103 cm³/mol. The van der Waals surface area contributed by atoms with Gasteiger partial charge in [0, 0.05) is 18.7 Å². The first-order valence-electron chi connectivity index (χ1n) is 9.47. The Morgan fingerprint density at radius 3 is 2.56 bits per heavy atom. The van der Waals surface area contributed by atoms with E-state index in [2.05, 4.69) is 36.3 Å². The Balaban J connectivity index is 1.67. The molecule has 3 rings (SSSR count). The number of benzene rings is 1. The average molecular weight is 369 g/mol. The molecule has 0 spiro atoms. The number of carboxylic acids is 1. The van der Waals surface area contributed by atoms with E-state index in [9.17, 15) is 14.7 Å². The second-order valence-corrected chi connectivity index (χ2v) is 7.38. The van der Waals surface area contributed by atoms with Crippen molar-refractivity contribution >= 4 is 11.9 Å². The van der Waals surface area contributed by atoms with Gasteiger partial charge in [-0.2, -0.15) is 5.10 Å². The van der Waals surface area contributed by atoms with Crippen LogP contribution in [0.25, 0.3) is 0 Å². The number of amides is 1. The summed E-state index contributed by atoms with van der Waals surface area (Å²) in [6, 6.07) is 7.73. The van der Waals surface area contributed by atoms with Gasteiger partial charge in [0.1, 0.15) is 6.04 Å². The van der Waals surface area contributed by atoms with Gasteiger partial charge >= 0.3 is 5.97 Å². The summed E-state index contributed by atoms with van der Waals surface area (Å²) >= 11 is 0. The molecule has 0 aliphatic carbocycles. The lowest BCUT2D eigenvalue weighted by atomic mass is 10.1. The molecule has 27 heavy (non-hydrogen) atoms. The van der Waals surface area contributed by atoms with Gasteiger partial charge in [0.25, 0.3) is 0 Å². The molecule has 2 heterocycles. The summed E-state index contributed by atoms with van der Waals surface area (Å²) in [6.45, 7) is 7.31. The number of aromatic nitrogens is 2. The van der Waals surface area contributed by atoms with Gasteiger partial charge in [-0.15, -0.1) is 0 Å². The number of hydrogen-bond donors (Lipinski definition) is 1. The molecule has 1 aliphatic heterocycles. The van der Waals surface area contributed by atoms with E-state index in [1.165, 1.54) is 16.0 Å². The summed E-state index contributed by atoms with van der Waals surface area (Å²) in [7, 11) is 0. The van der Waals surface area contributed by atoms with Crippen molar-refractivity contribution in [2.75, 3.05) is 6.54 Å². The van der Waals surface area contributed by atoms with Crippen LogP contribution in [0.15, 0.2) is 24.3 Å². The number of aryl methyl sites for hydroxylation is 2. The molecule has 6 heteroatoms. The van der Waals surface area contributed by atoms with Gasteiger partial charge < -0.3 is 10.0 Å². The zero-order valence-corrected chi connectivity index (χ0v) is 16.2. The Labute approximate surface area is 159 Å². The monoisotopic (exact) mass is 369 g/mol. The van der Waals surface area contributed by atoms with Crippen molar-refractivity contribution in [3.63, 3.8) is 0 Å². The number of aliphatic carboxylic acids is 1. The van der Waals surface area contributed by atoms with E-state index in [1.807, 2.05) is 18.5 Å². The topological polar surface area (TPSA) is 75.4 Å². The Hall–Kier alpha value is -2.63. The van der Waals surface area contributed by atoms with Crippen LogP contribution < -0.4 is 0 Å². The second-order valence-electron chi connectivity index (χ2n) is 7.38. The van der Waals surface area contributed by atoms with Crippen LogP contribution in [0, 0.1) is 20.8 Å². The Bertz CT molecular complexity index is 839. The molecule has 6 nitrogen and oxygen atoms in total. The fourth-order valence-corrected chi connectivity index (χ4v) is 3.81. The summed E-state index contributed by atoms with van der Waals surface area (Å²) in [5, 5.41) is 13.9. The molecule has 1 N–H and O–H groups in total. The van der Waals surface area contributed by atoms with E-state index >= 15 is 0 Å². The molecule has 1 aromatic heterocycles. The normalized spacial score (nSPS) is 16.7. The van der Waals surface area contributed by atoms with Gasteiger partial charge in [0.15, 0.2) is 0 Å². The fraction of sp³-hybridized carbons (Fsp3) is 0.476. The molecule has 0 saturated carbocycles. The summed E-state index contributed by atoms with van der Waals surface area (Å²) in [4.78, 5) is 25.3. The third-order valence-corrected chi connectivity index (χ3v) is 5.43. The number of likely N-dealkylation sites (tertiary alicyclic amines) is 1. The number of hydrogen-bond acceptors (Lipinski definition) is 3. The smallest absolute Gasteiger partial charge is 0.326 e.